The Kier molecular flexibility index (Phi) is 8.21. The number of carbonyl (C=O) groups is 1. The average Bonchev–Trinajstić information content (AvgIpc) is 2.28. The Balaban J connectivity index is 4.37. The predicted molar refractivity (Wildman–Crippen MR) is 64.3 cm³/mol. The van der Waals surface area contributed by atoms with Crippen molar-refractivity contribution in [2.45, 2.75) is 45.8 Å². The van der Waals surface area contributed by atoms with Gasteiger partial charge < -0.3 is 14.8 Å². The summed E-state index contributed by atoms with van der Waals surface area (Å²) in [6.07, 6.45) is 1.23. The predicted octanol–water partition coefficient (Wildman–Crippen LogP) is 1.59. The molecule has 0 heterocycles. The Morgan fingerprint density at radius 2 is 2.00 bits per heavy atom. The molecule has 0 amide bonds. The van der Waals surface area contributed by atoms with Gasteiger partial charge in [-0.3, -0.25) is 4.79 Å². The number of rotatable bonds is 8. The summed E-state index contributed by atoms with van der Waals surface area (Å²) in [7, 11) is 3.53. The third-order valence-electron chi connectivity index (χ3n) is 2.97. The van der Waals surface area contributed by atoms with Gasteiger partial charge in [-0.1, -0.05) is 20.3 Å². The summed E-state index contributed by atoms with van der Waals surface area (Å²) >= 11 is 0. The van der Waals surface area contributed by atoms with E-state index in [9.17, 15) is 4.79 Å². The highest BCUT2D eigenvalue weighted by atomic mass is 16.5. The zero-order valence-electron chi connectivity index (χ0n) is 11.1. The summed E-state index contributed by atoms with van der Waals surface area (Å²) in [4.78, 5) is 11.4. The summed E-state index contributed by atoms with van der Waals surface area (Å²) in [6.45, 7) is 6.51. The molecule has 0 saturated carbocycles. The molecule has 0 unspecified atom stereocenters. The van der Waals surface area contributed by atoms with Crippen LogP contribution in [0.4, 0.5) is 0 Å². The molecule has 0 radical (unpaired) electrons. The van der Waals surface area contributed by atoms with E-state index in [1.807, 2.05) is 14.0 Å². The number of hydrogen-bond acceptors (Lipinski definition) is 4. The Labute approximate surface area is 98.7 Å². The van der Waals surface area contributed by atoms with Crippen LogP contribution in [0.5, 0.6) is 0 Å². The normalized spacial score (nSPS) is 16.6. The number of likely N-dealkylation sites (N-methyl/N-ethyl adjacent to an activating group) is 1. The highest BCUT2D eigenvalue weighted by Gasteiger charge is 2.27. The SMILES string of the molecule is CCOC(=O)C[C@@H](OC)[C@@H](NC)[C@@H](C)CC. The van der Waals surface area contributed by atoms with Crippen molar-refractivity contribution in [2.75, 3.05) is 20.8 Å². The molecule has 96 valence electrons. The van der Waals surface area contributed by atoms with E-state index in [0.29, 0.717) is 18.9 Å². The summed E-state index contributed by atoms with van der Waals surface area (Å²) in [5, 5.41) is 3.22. The minimum atomic E-state index is -0.196. The van der Waals surface area contributed by atoms with Gasteiger partial charge >= 0.3 is 5.97 Å². The lowest BCUT2D eigenvalue weighted by Gasteiger charge is -2.29. The molecule has 0 spiro atoms. The highest BCUT2D eigenvalue weighted by molar-refractivity contribution is 5.70. The fourth-order valence-electron chi connectivity index (χ4n) is 1.83. The van der Waals surface area contributed by atoms with Crippen LogP contribution in [0.15, 0.2) is 0 Å². The van der Waals surface area contributed by atoms with Crippen LogP contribution in [0.25, 0.3) is 0 Å². The largest absolute Gasteiger partial charge is 0.466 e. The van der Waals surface area contributed by atoms with Crippen LogP contribution in [0, 0.1) is 5.92 Å². The second-order valence-electron chi connectivity index (χ2n) is 3.98. The van der Waals surface area contributed by atoms with Gasteiger partial charge in [-0.15, -0.1) is 0 Å². The van der Waals surface area contributed by atoms with Crippen LogP contribution in [0.3, 0.4) is 0 Å². The Morgan fingerprint density at radius 3 is 2.38 bits per heavy atom. The molecule has 0 aromatic rings. The summed E-state index contributed by atoms with van der Waals surface area (Å²) in [5.41, 5.74) is 0. The van der Waals surface area contributed by atoms with Crippen molar-refractivity contribution < 1.29 is 14.3 Å². The van der Waals surface area contributed by atoms with Gasteiger partial charge in [-0.05, 0) is 19.9 Å². The minimum absolute atomic E-state index is 0.126. The molecule has 0 fully saturated rings. The number of nitrogens with one attached hydrogen (secondary N) is 1. The molecule has 16 heavy (non-hydrogen) atoms. The van der Waals surface area contributed by atoms with Crippen molar-refractivity contribution in [1.29, 1.82) is 0 Å². The monoisotopic (exact) mass is 231 g/mol. The van der Waals surface area contributed by atoms with Crippen LogP contribution in [0.1, 0.15) is 33.6 Å². The van der Waals surface area contributed by atoms with E-state index < -0.39 is 0 Å². The zero-order chi connectivity index (χ0) is 12.6. The van der Waals surface area contributed by atoms with Crippen LogP contribution in [-0.4, -0.2) is 38.9 Å². The number of hydrogen-bond donors (Lipinski definition) is 1. The maximum atomic E-state index is 11.4. The molecule has 0 aliphatic carbocycles. The molecule has 3 atom stereocenters. The third kappa shape index (κ3) is 4.94. The molecule has 4 nitrogen and oxygen atoms in total. The van der Waals surface area contributed by atoms with Gasteiger partial charge in [0.25, 0.3) is 0 Å². The quantitative estimate of drug-likeness (QED) is 0.644. The topological polar surface area (TPSA) is 47.6 Å². The van der Waals surface area contributed by atoms with Crippen LogP contribution in [0.2, 0.25) is 0 Å². The first-order valence-electron chi connectivity index (χ1n) is 5.96. The van der Waals surface area contributed by atoms with Crippen molar-refractivity contribution in [3.05, 3.63) is 0 Å². The van der Waals surface area contributed by atoms with Gasteiger partial charge in [-0.25, -0.2) is 0 Å². The molecule has 4 heteroatoms. The molecular weight excluding hydrogens is 206 g/mol. The summed E-state index contributed by atoms with van der Waals surface area (Å²) in [5.74, 6) is 0.266. The van der Waals surface area contributed by atoms with E-state index in [0.717, 1.165) is 6.42 Å². The standard InChI is InChI=1S/C12H25NO3/c1-6-9(3)12(13-4)10(15-5)8-11(14)16-7-2/h9-10,12-13H,6-8H2,1-5H3/t9-,10+,12-/m0/s1. The molecule has 0 aliphatic heterocycles. The number of carbonyl (C=O) groups excluding carboxylic acids is 1. The van der Waals surface area contributed by atoms with Gasteiger partial charge in [0.15, 0.2) is 0 Å². The summed E-state index contributed by atoms with van der Waals surface area (Å²) in [6, 6.07) is 0.180. The molecule has 0 bridgehead atoms. The third-order valence-corrected chi connectivity index (χ3v) is 2.97. The number of esters is 1. The number of methoxy groups -OCH3 is 1. The number of ether oxygens (including phenoxy) is 2. The van der Waals surface area contributed by atoms with Crippen LogP contribution >= 0.6 is 0 Å². The Hall–Kier alpha value is -0.610. The zero-order valence-corrected chi connectivity index (χ0v) is 11.1. The lowest BCUT2D eigenvalue weighted by atomic mass is 9.93. The average molecular weight is 231 g/mol. The maximum absolute atomic E-state index is 11.4. The van der Waals surface area contributed by atoms with E-state index in [2.05, 4.69) is 19.2 Å². The second kappa shape index (κ2) is 8.53. The lowest BCUT2D eigenvalue weighted by molar-refractivity contribution is -0.146. The van der Waals surface area contributed by atoms with Gasteiger partial charge in [0, 0.05) is 13.2 Å². The van der Waals surface area contributed by atoms with E-state index in [1.165, 1.54) is 0 Å². The van der Waals surface area contributed by atoms with Crippen molar-refractivity contribution in [1.82, 2.24) is 5.32 Å². The molecule has 0 rings (SSSR count). The Morgan fingerprint density at radius 1 is 1.38 bits per heavy atom. The van der Waals surface area contributed by atoms with Gasteiger partial charge in [0.1, 0.15) is 0 Å². The molecule has 1 N–H and O–H groups in total. The lowest BCUT2D eigenvalue weighted by Crippen LogP contribution is -2.44. The van der Waals surface area contributed by atoms with Gasteiger partial charge in [-0.2, -0.15) is 0 Å². The molecular formula is C12H25NO3. The fourth-order valence-corrected chi connectivity index (χ4v) is 1.83. The molecule has 0 aliphatic rings. The first-order valence-corrected chi connectivity index (χ1v) is 5.96. The molecule has 0 aromatic heterocycles. The first-order chi connectivity index (χ1) is 7.60. The van der Waals surface area contributed by atoms with Gasteiger partial charge in [0.2, 0.25) is 0 Å². The van der Waals surface area contributed by atoms with Crippen molar-refractivity contribution in [2.24, 2.45) is 5.92 Å². The molecule has 0 saturated heterocycles. The van der Waals surface area contributed by atoms with Crippen molar-refractivity contribution in [3.63, 3.8) is 0 Å². The highest BCUT2D eigenvalue weighted by Crippen LogP contribution is 2.16. The second-order valence-corrected chi connectivity index (χ2v) is 3.98. The van der Waals surface area contributed by atoms with Crippen molar-refractivity contribution >= 4 is 5.97 Å². The van der Waals surface area contributed by atoms with Gasteiger partial charge in [0.05, 0.1) is 19.1 Å². The maximum Gasteiger partial charge on any atom is 0.308 e. The fraction of sp³-hybridized carbons (Fsp3) is 0.917. The molecule has 0 aromatic carbocycles. The van der Waals surface area contributed by atoms with Crippen molar-refractivity contribution in [3.8, 4) is 0 Å². The van der Waals surface area contributed by atoms with E-state index in [1.54, 1.807) is 7.11 Å². The minimum Gasteiger partial charge on any atom is -0.466 e. The van der Waals surface area contributed by atoms with E-state index >= 15 is 0 Å². The smallest absolute Gasteiger partial charge is 0.308 e. The summed E-state index contributed by atoms with van der Waals surface area (Å²) < 4.78 is 10.3. The van der Waals surface area contributed by atoms with Crippen LogP contribution < -0.4 is 5.32 Å². The Bertz CT molecular complexity index is 197. The van der Waals surface area contributed by atoms with Crippen LogP contribution in [-0.2, 0) is 14.3 Å². The van der Waals surface area contributed by atoms with E-state index in [4.69, 9.17) is 9.47 Å². The van der Waals surface area contributed by atoms with E-state index in [-0.39, 0.29) is 18.1 Å². The first kappa shape index (κ1) is 15.4.